The summed E-state index contributed by atoms with van der Waals surface area (Å²) in [5.74, 6) is 1.52. The van der Waals surface area contributed by atoms with Crippen molar-refractivity contribution >= 4 is 11.9 Å². The number of carbonyl (C=O) groups is 2. The largest absolute Gasteiger partial charge is 0.481 e. The number of aliphatic carboxylic acids is 1. The molecule has 0 spiro atoms. The predicted octanol–water partition coefficient (Wildman–Crippen LogP) is 11.4. The summed E-state index contributed by atoms with van der Waals surface area (Å²) < 4.78 is 0. The van der Waals surface area contributed by atoms with E-state index in [0.717, 1.165) is 44.4 Å². The standard InChI is InChI=1S/C36H63NO4/c1-3-5-7-12-19-25-33-31(23-17-6-4-2)29-30-32(24-18-13-8-11-16-22-28-36(39)40)34(33)26-20-14-9-10-15-21-27-35(38)37-41/h19,25,29-34H,3-18,20-24,26-28H2,1-2H3,(H,39,40)/b25-19+. The van der Waals surface area contributed by atoms with Crippen molar-refractivity contribution in [2.24, 2.45) is 28.8 Å². The van der Waals surface area contributed by atoms with Crippen LogP contribution < -0.4 is 0 Å². The van der Waals surface area contributed by atoms with Gasteiger partial charge in [-0.1, -0.05) is 134 Å². The number of carboxylic acids is 1. The van der Waals surface area contributed by atoms with E-state index in [1.54, 1.807) is 0 Å². The first-order valence-electron chi connectivity index (χ1n) is 17.5. The maximum absolute atomic E-state index is 11.1. The van der Waals surface area contributed by atoms with Crippen LogP contribution in [0, 0.1) is 28.6 Å². The van der Waals surface area contributed by atoms with Crippen LogP contribution in [-0.2, 0) is 9.59 Å². The van der Waals surface area contributed by atoms with Gasteiger partial charge in [-0.3, -0.25) is 9.59 Å². The first-order valence-corrected chi connectivity index (χ1v) is 17.5. The number of amides is 1. The SMILES string of the molecule is CCCCC/C=C/C1C(CCCCC)C=CC(CCCCCCCCC(=O)O)C1CCCCCCCCC(=O)N=O. The topological polar surface area (TPSA) is 83.8 Å². The van der Waals surface area contributed by atoms with Gasteiger partial charge in [0.25, 0.3) is 5.91 Å². The highest BCUT2D eigenvalue weighted by Gasteiger charge is 2.33. The molecule has 0 aromatic carbocycles. The summed E-state index contributed by atoms with van der Waals surface area (Å²) in [5.41, 5.74) is 0. The van der Waals surface area contributed by atoms with Gasteiger partial charge >= 0.3 is 5.97 Å². The lowest BCUT2D eigenvalue weighted by Crippen LogP contribution is -2.30. The third-order valence-corrected chi connectivity index (χ3v) is 9.08. The Morgan fingerprint density at radius 3 is 1.80 bits per heavy atom. The zero-order valence-electron chi connectivity index (χ0n) is 26.7. The molecule has 0 heterocycles. The maximum atomic E-state index is 11.1. The molecule has 5 heteroatoms. The Morgan fingerprint density at radius 2 is 1.17 bits per heavy atom. The summed E-state index contributed by atoms with van der Waals surface area (Å²) in [6.07, 6.45) is 37.2. The van der Waals surface area contributed by atoms with Crippen LogP contribution in [-0.4, -0.2) is 17.0 Å². The van der Waals surface area contributed by atoms with E-state index in [4.69, 9.17) is 5.11 Å². The van der Waals surface area contributed by atoms with Crippen molar-refractivity contribution in [1.29, 1.82) is 0 Å². The Morgan fingerprint density at radius 1 is 0.659 bits per heavy atom. The monoisotopic (exact) mass is 573 g/mol. The molecular formula is C36H63NO4. The highest BCUT2D eigenvalue weighted by molar-refractivity contribution is 5.76. The quantitative estimate of drug-likeness (QED) is 0.0601. The van der Waals surface area contributed by atoms with Crippen molar-refractivity contribution < 1.29 is 14.7 Å². The van der Waals surface area contributed by atoms with Crippen molar-refractivity contribution in [3.05, 3.63) is 29.2 Å². The summed E-state index contributed by atoms with van der Waals surface area (Å²) in [5, 5.41) is 11.3. The van der Waals surface area contributed by atoms with Gasteiger partial charge in [0.2, 0.25) is 0 Å². The molecule has 0 saturated heterocycles. The normalized spacial score (nSPS) is 20.5. The van der Waals surface area contributed by atoms with Gasteiger partial charge in [-0.15, -0.1) is 4.91 Å². The van der Waals surface area contributed by atoms with Crippen LogP contribution in [0.1, 0.15) is 168 Å². The smallest absolute Gasteiger partial charge is 0.303 e. The number of rotatable bonds is 27. The molecule has 1 aliphatic carbocycles. The van der Waals surface area contributed by atoms with Gasteiger partial charge in [0.15, 0.2) is 0 Å². The Bertz CT molecular complexity index is 731. The molecule has 1 amide bonds. The molecule has 0 fully saturated rings. The number of hydrogen-bond acceptors (Lipinski definition) is 3. The molecule has 0 aromatic rings. The molecule has 4 atom stereocenters. The third-order valence-electron chi connectivity index (χ3n) is 9.08. The molecule has 4 unspecified atom stereocenters. The second-order valence-electron chi connectivity index (χ2n) is 12.6. The Balaban J connectivity index is 2.71. The fourth-order valence-corrected chi connectivity index (χ4v) is 6.62. The van der Waals surface area contributed by atoms with Gasteiger partial charge < -0.3 is 5.11 Å². The highest BCUT2D eigenvalue weighted by Crippen LogP contribution is 2.43. The molecule has 1 rings (SSSR count). The van der Waals surface area contributed by atoms with Crippen LogP contribution in [0.2, 0.25) is 0 Å². The van der Waals surface area contributed by atoms with E-state index in [9.17, 15) is 14.5 Å². The van der Waals surface area contributed by atoms with Crippen LogP contribution in [0.15, 0.2) is 29.5 Å². The predicted molar refractivity (Wildman–Crippen MR) is 173 cm³/mol. The van der Waals surface area contributed by atoms with Crippen LogP contribution in [0.4, 0.5) is 0 Å². The maximum Gasteiger partial charge on any atom is 0.303 e. The number of hydrogen-bond donors (Lipinski definition) is 1. The van der Waals surface area contributed by atoms with E-state index < -0.39 is 11.9 Å². The second kappa shape index (κ2) is 25.9. The molecule has 0 radical (unpaired) electrons. The van der Waals surface area contributed by atoms with Crippen molar-refractivity contribution in [3.63, 3.8) is 0 Å². The number of unbranched alkanes of at least 4 members (excludes halogenated alkanes) is 15. The summed E-state index contributed by atoms with van der Waals surface area (Å²) in [6.45, 7) is 4.57. The van der Waals surface area contributed by atoms with Gasteiger partial charge in [-0.05, 0) is 68.6 Å². The molecule has 0 saturated carbocycles. The first-order chi connectivity index (χ1) is 20.0. The minimum absolute atomic E-state index is 0.299. The lowest BCUT2D eigenvalue weighted by molar-refractivity contribution is -0.137. The minimum atomic E-state index is -0.675. The Labute approximate surface area is 252 Å². The zero-order chi connectivity index (χ0) is 30.0. The number of carbonyl (C=O) groups excluding carboxylic acids is 1. The van der Waals surface area contributed by atoms with Gasteiger partial charge in [0, 0.05) is 18.0 Å². The zero-order valence-corrected chi connectivity index (χ0v) is 26.7. The van der Waals surface area contributed by atoms with Crippen LogP contribution in [0.5, 0.6) is 0 Å². The lowest BCUT2D eigenvalue weighted by Gasteiger charge is -2.39. The molecule has 0 bridgehead atoms. The van der Waals surface area contributed by atoms with E-state index in [-0.39, 0.29) is 0 Å². The molecule has 5 nitrogen and oxygen atoms in total. The Kier molecular flexibility index (Phi) is 23.5. The highest BCUT2D eigenvalue weighted by atomic mass is 16.4. The van der Waals surface area contributed by atoms with Crippen molar-refractivity contribution in [2.75, 3.05) is 0 Å². The van der Waals surface area contributed by atoms with Crippen LogP contribution in [0.3, 0.4) is 0 Å². The number of allylic oxidation sites excluding steroid dienone is 4. The fraction of sp³-hybridized carbons (Fsp3) is 0.833. The van der Waals surface area contributed by atoms with Crippen LogP contribution >= 0.6 is 0 Å². The summed E-state index contributed by atoms with van der Waals surface area (Å²) in [4.78, 5) is 32.1. The summed E-state index contributed by atoms with van der Waals surface area (Å²) in [6, 6.07) is 0. The van der Waals surface area contributed by atoms with Gasteiger partial charge in [0.1, 0.15) is 0 Å². The van der Waals surface area contributed by atoms with E-state index >= 15 is 0 Å². The average molecular weight is 574 g/mol. The molecular weight excluding hydrogens is 510 g/mol. The van der Waals surface area contributed by atoms with E-state index in [0.29, 0.717) is 30.6 Å². The average Bonchev–Trinajstić information content (AvgIpc) is 2.96. The van der Waals surface area contributed by atoms with E-state index in [1.807, 2.05) is 0 Å². The van der Waals surface area contributed by atoms with Gasteiger partial charge in [-0.2, -0.15) is 0 Å². The molecule has 1 aliphatic rings. The molecule has 0 aliphatic heterocycles. The van der Waals surface area contributed by atoms with Crippen LogP contribution in [0.25, 0.3) is 0 Å². The van der Waals surface area contributed by atoms with Crippen molar-refractivity contribution in [1.82, 2.24) is 0 Å². The molecule has 0 aromatic heterocycles. The molecule has 41 heavy (non-hydrogen) atoms. The summed E-state index contributed by atoms with van der Waals surface area (Å²) in [7, 11) is 0. The second-order valence-corrected chi connectivity index (χ2v) is 12.6. The fourth-order valence-electron chi connectivity index (χ4n) is 6.62. The number of nitroso groups, excluding NO2 is 1. The molecule has 1 N–H and O–H groups in total. The van der Waals surface area contributed by atoms with Crippen molar-refractivity contribution in [2.45, 2.75) is 168 Å². The third kappa shape index (κ3) is 19.1. The minimum Gasteiger partial charge on any atom is -0.481 e. The van der Waals surface area contributed by atoms with Crippen molar-refractivity contribution in [3.8, 4) is 0 Å². The summed E-state index contributed by atoms with van der Waals surface area (Å²) >= 11 is 0. The lowest BCUT2D eigenvalue weighted by atomic mass is 9.66. The number of nitrogens with zero attached hydrogens (tertiary/aromatic N) is 1. The Hall–Kier alpha value is -1.78. The molecule has 236 valence electrons. The van der Waals surface area contributed by atoms with Gasteiger partial charge in [0.05, 0.1) is 0 Å². The first kappa shape index (κ1) is 37.2. The van der Waals surface area contributed by atoms with E-state index in [2.05, 4.69) is 43.3 Å². The van der Waals surface area contributed by atoms with E-state index in [1.165, 1.54) is 103 Å². The van der Waals surface area contributed by atoms with Gasteiger partial charge in [-0.25, -0.2) is 0 Å². The number of carboxylic acid groups (broad SMARTS) is 1.